The maximum absolute atomic E-state index is 9.60. The topological polar surface area (TPSA) is 38.7 Å². The summed E-state index contributed by atoms with van der Waals surface area (Å²) in [6, 6.07) is 7.32. The summed E-state index contributed by atoms with van der Waals surface area (Å²) in [5.41, 5.74) is 0.483. The van der Waals surface area contributed by atoms with Gasteiger partial charge in [-0.25, -0.2) is 0 Å². The lowest BCUT2D eigenvalue weighted by Crippen LogP contribution is -2.45. The Balaban J connectivity index is 2.37. The third-order valence-corrected chi connectivity index (χ3v) is 3.47. The second kappa shape index (κ2) is 4.31. The fourth-order valence-corrected chi connectivity index (χ4v) is 2.65. The maximum Gasteiger partial charge on any atom is 0.115 e. The molecule has 1 atom stereocenters. The summed E-state index contributed by atoms with van der Waals surface area (Å²) in [6.07, 6.45) is 1.61. The molecule has 1 heterocycles. The van der Waals surface area contributed by atoms with Crippen LogP contribution in [0.5, 0.6) is 5.75 Å². The zero-order valence-corrected chi connectivity index (χ0v) is 10.7. The highest BCUT2D eigenvalue weighted by atomic mass is 16.5. The highest BCUT2D eigenvalue weighted by Crippen LogP contribution is 2.42. The molecule has 17 heavy (non-hydrogen) atoms. The quantitative estimate of drug-likeness (QED) is 0.858. The highest BCUT2D eigenvalue weighted by Gasteiger charge is 2.42. The van der Waals surface area contributed by atoms with E-state index in [1.54, 1.807) is 19.2 Å². The minimum atomic E-state index is -0.347. The van der Waals surface area contributed by atoms with Crippen LogP contribution < -0.4 is 0 Å². The number of methoxy groups -OCH3 is 1. The van der Waals surface area contributed by atoms with Crippen LogP contribution in [-0.4, -0.2) is 24.4 Å². The van der Waals surface area contributed by atoms with E-state index in [4.69, 9.17) is 9.47 Å². The predicted octanol–water partition coefficient (Wildman–Crippen LogP) is 2.82. The van der Waals surface area contributed by atoms with Gasteiger partial charge in [0.1, 0.15) is 5.75 Å². The van der Waals surface area contributed by atoms with Gasteiger partial charge < -0.3 is 14.6 Å². The molecule has 0 bridgehead atoms. The number of rotatable bonds is 2. The van der Waals surface area contributed by atoms with Crippen molar-refractivity contribution in [3.8, 4) is 5.75 Å². The Kier molecular flexibility index (Phi) is 3.15. The van der Waals surface area contributed by atoms with Crippen molar-refractivity contribution in [3.63, 3.8) is 0 Å². The molecule has 1 aliphatic rings. The van der Waals surface area contributed by atoms with Gasteiger partial charge in [0.05, 0.1) is 17.8 Å². The normalized spacial score (nSPS) is 27.9. The first-order valence-electron chi connectivity index (χ1n) is 5.96. The first kappa shape index (κ1) is 12.4. The molecule has 1 aromatic rings. The third-order valence-electron chi connectivity index (χ3n) is 3.47. The van der Waals surface area contributed by atoms with Crippen LogP contribution in [0, 0.1) is 0 Å². The van der Waals surface area contributed by atoms with Crippen molar-refractivity contribution in [1.82, 2.24) is 0 Å². The van der Waals surface area contributed by atoms with E-state index in [0.29, 0.717) is 6.61 Å². The van der Waals surface area contributed by atoms with Crippen molar-refractivity contribution in [2.45, 2.75) is 37.9 Å². The predicted molar refractivity (Wildman–Crippen MR) is 66.1 cm³/mol. The van der Waals surface area contributed by atoms with Crippen molar-refractivity contribution in [2.24, 2.45) is 0 Å². The molecule has 0 spiro atoms. The minimum Gasteiger partial charge on any atom is -0.508 e. The summed E-state index contributed by atoms with van der Waals surface area (Å²) in [5.74, 6) is 0.281. The molecular weight excluding hydrogens is 216 g/mol. The van der Waals surface area contributed by atoms with Gasteiger partial charge in [0, 0.05) is 20.0 Å². The Morgan fingerprint density at radius 3 is 2.71 bits per heavy atom. The molecule has 2 rings (SSSR count). The second-order valence-electron chi connectivity index (χ2n) is 5.28. The molecular formula is C14H20O3. The fourth-order valence-electron chi connectivity index (χ4n) is 2.65. The van der Waals surface area contributed by atoms with Crippen LogP contribution in [0.25, 0.3) is 0 Å². The van der Waals surface area contributed by atoms with Gasteiger partial charge in [-0.05, 0) is 31.5 Å². The molecule has 0 aromatic heterocycles. The third kappa shape index (κ3) is 2.45. The Labute approximate surface area is 102 Å². The minimum absolute atomic E-state index is 0.195. The van der Waals surface area contributed by atoms with Crippen LogP contribution >= 0.6 is 0 Å². The summed E-state index contributed by atoms with van der Waals surface area (Å²) >= 11 is 0. The van der Waals surface area contributed by atoms with Gasteiger partial charge in [-0.1, -0.05) is 12.1 Å². The largest absolute Gasteiger partial charge is 0.508 e. The number of benzene rings is 1. The SMILES string of the molecule is COC1(c2cccc(O)c2)CCOC(C)(C)C1. The van der Waals surface area contributed by atoms with E-state index < -0.39 is 0 Å². The van der Waals surface area contributed by atoms with Gasteiger partial charge in [-0.15, -0.1) is 0 Å². The zero-order chi connectivity index (χ0) is 12.5. The highest BCUT2D eigenvalue weighted by molar-refractivity contribution is 5.32. The van der Waals surface area contributed by atoms with E-state index in [0.717, 1.165) is 18.4 Å². The Morgan fingerprint density at radius 1 is 1.35 bits per heavy atom. The number of phenols is 1. The van der Waals surface area contributed by atoms with Gasteiger partial charge in [-0.3, -0.25) is 0 Å². The summed E-state index contributed by atoms with van der Waals surface area (Å²) in [5, 5.41) is 9.60. The monoisotopic (exact) mass is 236 g/mol. The van der Waals surface area contributed by atoms with Crippen LogP contribution in [0.3, 0.4) is 0 Å². The van der Waals surface area contributed by atoms with Crippen molar-refractivity contribution in [1.29, 1.82) is 0 Å². The maximum atomic E-state index is 9.60. The van der Waals surface area contributed by atoms with Crippen LogP contribution in [-0.2, 0) is 15.1 Å². The first-order valence-corrected chi connectivity index (χ1v) is 5.96. The van der Waals surface area contributed by atoms with E-state index in [2.05, 4.69) is 13.8 Å². The molecule has 3 heteroatoms. The Bertz CT molecular complexity index is 400. The number of hydrogen-bond donors (Lipinski definition) is 1. The average molecular weight is 236 g/mol. The van der Waals surface area contributed by atoms with Crippen molar-refractivity contribution >= 4 is 0 Å². The lowest BCUT2D eigenvalue weighted by molar-refractivity contribution is -0.162. The molecule has 1 aromatic carbocycles. The summed E-state index contributed by atoms with van der Waals surface area (Å²) in [6.45, 7) is 4.82. The molecule has 94 valence electrons. The molecule has 0 radical (unpaired) electrons. The lowest BCUT2D eigenvalue weighted by Gasteiger charge is -2.44. The number of phenolic OH excluding ortho intramolecular Hbond substituents is 1. The van der Waals surface area contributed by atoms with Crippen molar-refractivity contribution in [2.75, 3.05) is 13.7 Å². The van der Waals surface area contributed by atoms with Crippen LogP contribution in [0.2, 0.25) is 0 Å². The Hall–Kier alpha value is -1.06. The Morgan fingerprint density at radius 2 is 2.12 bits per heavy atom. The van der Waals surface area contributed by atoms with Gasteiger partial charge in [-0.2, -0.15) is 0 Å². The summed E-state index contributed by atoms with van der Waals surface area (Å²) < 4.78 is 11.5. The molecule has 0 aliphatic carbocycles. The molecule has 3 nitrogen and oxygen atoms in total. The molecule has 1 saturated heterocycles. The van der Waals surface area contributed by atoms with E-state index in [1.807, 2.05) is 12.1 Å². The van der Waals surface area contributed by atoms with Gasteiger partial charge in [0.25, 0.3) is 0 Å². The molecule has 1 fully saturated rings. The fraction of sp³-hybridized carbons (Fsp3) is 0.571. The number of hydrogen-bond acceptors (Lipinski definition) is 3. The number of ether oxygens (including phenoxy) is 2. The van der Waals surface area contributed by atoms with Crippen LogP contribution in [0.15, 0.2) is 24.3 Å². The first-order chi connectivity index (χ1) is 7.97. The standard InChI is InChI=1S/C14H20O3/c1-13(2)10-14(16-3,7-8-17-13)11-5-4-6-12(15)9-11/h4-6,9,15H,7-8,10H2,1-3H3. The molecule has 1 N–H and O–H groups in total. The van der Waals surface area contributed by atoms with E-state index in [9.17, 15) is 5.11 Å². The van der Waals surface area contributed by atoms with Gasteiger partial charge in [0.2, 0.25) is 0 Å². The van der Waals surface area contributed by atoms with Gasteiger partial charge >= 0.3 is 0 Å². The second-order valence-corrected chi connectivity index (χ2v) is 5.28. The zero-order valence-electron chi connectivity index (χ0n) is 10.7. The van der Waals surface area contributed by atoms with E-state index in [1.165, 1.54) is 0 Å². The van der Waals surface area contributed by atoms with Crippen molar-refractivity contribution in [3.05, 3.63) is 29.8 Å². The average Bonchev–Trinajstić information content (AvgIpc) is 2.27. The number of aromatic hydroxyl groups is 1. The van der Waals surface area contributed by atoms with Crippen LogP contribution in [0.1, 0.15) is 32.3 Å². The molecule has 0 amide bonds. The van der Waals surface area contributed by atoms with Crippen LogP contribution in [0.4, 0.5) is 0 Å². The van der Waals surface area contributed by atoms with Gasteiger partial charge in [0.15, 0.2) is 0 Å². The molecule has 1 aliphatic heterocycles. The molecule has 0 saturated carbocycles. The van der Waals surface area contributed by atoms with E-state index in [-0.39, 0.29) is 17.0 Å². The summed E-state index contributed by atoms with van der Waals surface area (Å²) in [7, 11) is 1.73. The lowest BCUT2D eigenvalue weighted by atomic mass is 9.79. The smallest absolute Gasteiger partial charge is 0.115 e. The molecule has 1 unspecified atom stereocenters. The van der Waals surface area contributed by atoms with E-state index >= 15 is 0 Å². The summed E-state index contributed by atoms with van der Waals surface area (Å²) in [4.78, 5) is 0. The van der Waals surface area contributed by atoms with Crippen molar-refractivity contribution < 1.29 is 14.6 Å².